The minimum atomic E-state index is -1.20. The van der Waals surface area contributed by atoms with Gasteiger partial charge in [-0.15, -0.1) is 0 Å². The number of aromatic nitrogens is 2. The van der Waals surface area contributed by atoms with Gasteiger partial charge < -0.3 is 29.3 Å². The Kier molecular flexibility index (Phi) is 9.17. The normalized spacial score (nSPS) is 15.6. The molecule has 1 amide bonds. The third-order valence-corrected chi connectivity index (χ3v) is 5.98. The van der Waals surface area contributed by atoms with Crippen molar-refractivity contribution in [2.75, 3.05) is 24.6 Å². The summed E-state index contributed by atoms with van der Waals surface area (Å²) >= 11 is 0. The molecule has 0 aliphatic carbocycles. The number of ether oxygens (including phenoxy) is 2. The summed E-state index contributed by atoms with van der Waals surface area (Å²) in [5, 5.41) is 16.0. The molecule has 0 saturated carbocycles. The first-order valence-electron chi connectivity index (χ1n) is 12.6. The second-order valence-electron chi connectivity index (χ2n) is 10.5. The van der Waals surface area contributed by atoms with Gasteiger partial charge in [0.05, 0.1) is 6.61 Å². The van der Waals surface area contributed by atoms with E-state index < -0.39 is 23.7 Å². The first kappa shape index (κ1) is 27.3. The number of amides is 1. The minimum absolute atomic E-state index is 0.253. The monoisotopic (exact) mass is 502 g/mol. The van der Waals surface area contributed by atoms with Crippen molar-refractivity contribution in [1.29, 1.82) is 0 Å². The van der Waals surface area contributed by atoms with Gasteiger partial charge in [-0.3, -0.25) is 0 Å². The van der Waals surface area contributed by atoms with Gasteiger partial charge in [0, 0.05) is 19.0 Å². The number of nitrogens with zero attached hydrogens (tertiary/aromatic N) is 3. The van der Waals surface area contributed by atoms with Crippen molar-refractivity contribution in [3.8, 4) is 5.75 Å². The molecule has 0 radical (unpaired) electrons. The van der Waals surface area contributed by atoms with Gasteiger partial charge >= 0.3 is 18.1 Å². The highest BCUT2D eigenvalue weighted by Gasteiger charge is 2.26. The number of carbonyl (C=O) groups is 2. The SMILES string of the molecule is CC(C)c1noc(N2CCC(CCCOc3ccc(C(NC(=O)OC(C)(C)C)C(=O)O)cc3)CC2)n1. The molecule has 1 atom stereocenters. The van der Waals surface area contributed by atoms with E-state index in [1.807, 2.05) is 13.8 Å². The van der Waals surface area contributed by atoms with Gasteiger partial charge in [-0.05, 0) is 70.1 Å². The summed E-state index contributed by atoms with van der Waals surface area (Å²) in [6, 6.07) is 6.14. The lowest BCUT2D eigenvalue weighted by Crippen LogP contribution is -2.38. The highest BCUT2D eigenvalue weighted by Crippen LogP contribution is 2.26. The number of rotatable bonds is 10. The molecule has 10 heteroatoms. The molecule has 1 unspecified atom stereocenters. The van der Waals surface area contributed by atoms with Crippen LogP contribution in [0.5, 0.6) is 5.75 Å². The topological polar surface area (TPSA) is 127 Å². The summed E-state index contributed by atoms with van der Waals surface area (Å²) in [6.45, 7) is 11.7. The molecule has 3 rings (SSSR count). The maximum Gasteiger partial charge on any atom is 0.408 e. The fourth-order valence-corrected chi connectivity index (χ4v) is 4.03. The number of carboxylic acid groups (broad SMARTS) is 1. The molecule has 198 valence electrons. The van der Waals surface area contributed by atoms with E-state index in [2.05, 4.69) is 20.4 Å². The number of alkyl carbamates (subject to hydrolysis) is 1. The third kappa shape index (κ3) is 8.13. The van der Waals surface area contributed by atoms with E-state index in [9.17, 15) is 14.7 Å². The van der Waals surface area contributed by atoms with Crippen molar-refractivity contribution < 1.29 is 28.7 Å². The van der Waals surface area contributed by atoms with Crippen LogP contribution >= 0.6 is 0 Å². The van der Waals surface area contributed by atoms with E-state index in [4.69, 9.17) is 14.0 Å². The molecule has 2 heterocycles. The maximum absolute atomic E-state index is 12.0. The largest absolute Gasteiger partial charge is 0.494 e. The molecular formula is C26H38N4O6. The Balaban J connectivity index is 1.39. The van der Waals surface area contributed by atoms with Crippen LogP contribution < -0.4 is 15.0 Å². The Labute approximate surface area is 212 Å². The molecule has 36 heavy (non-hydrogen) atoms. The molecule has 1 aromatic heterocycles. The predicted octanol–water partition coefficient (Wildman–Crippen LogP) is 4.92. The van der Waals surface area contributed by atoms with Crippen LogP contribution in [0.25, 0.3) is 0 Å². The van der Waals surface area contributed by atoms with Crippen molar-refractivity contribution >= 4 is 18.1 Å². The molecule has 2 aromatic rings. The number of carbonyl (C=O) groups excluding carboxylic acids is 1. The van der Waals surface area contributed by atoms with E-state index in [1.165, 1.54) is 0 Å². The van der Waals surface area contributed by atoms with Gasteiger partial charge in [-0.25, -0.2) is 9.59 Å². The summed E-state index contributed by atoms with van der Waals surface area (Å²) in [7, 11) is 0. The molecule has 0 spiro atoms. The highest BCUT2D eigenvalue weighted by molar-refractivity contribution is 5.81. The Bertz CT molecular complexity index is 991. The highest BCUT2D eigenvalue weighted by atomic mass is 16.6. The van der Waals surface area contributed by atoms with Crippen LogP contribution in [0.3, 0.4) is 0 Å². The van der Waals surface area contributed by atoms with Crippen LogP contribution in [-0.4, -0.2) is 52.6 Å². The fourth-order valence-electron chi connectivity index (χ4n) is 4.03. The van der Waals surface area contributed by atoms with E-state index >= 15 is 0 Å². The summed E-state index contributed by atoms with van der Waals surface area (Å²) in [4.78, 5) is 30.3. The molecule has 1 aliphatic heterocycles. The summed E-state index contributed by atoms with van der Waals surface area (Å²) in [5.74, 6) is 1.13. The Morgan fingerprint density at radius 3 is 2.42 bits per heavy atom. The number of carboxylic acids is 1. The molecule has 1 aromatic carbocycles. The van der Waals surface area contributed by atoms with Crippen LogP contribution in [0.2, 0.25) is 0 Å². The zero-order chi connectivity index (χ0) is 26.3. The maximum atomic E-state index is 12.0. The Morgan fingerprint density at radius 2 is 1.86 bits per heavy atom. The first-order valence-corrected chi connectivity index (χ1v) is 12.6. The van der Waals surface area contributed by atoms with Crippen molar-refractivity contribution in [2.45, 2.75) is 77.9 Å². The Hall–Kier alpha value is -3.30. The average molecular weight is 503 g/mol. The van der Waals surface area contributed by atoms with Crippen molar-refractivity contribution in [3.63, 3.8) is 0 Å². The lowest BCUT2D eigenvalue weighted by Gasteiger charge is -2.30. The van der Waals surface area contributed by atoms with Gasteiger partial charge in [0.25, 0.3) is 0 Å². The number of anilines is 1. The molecule has 1 saturated heterocycles. The molecule has 1 fully saturated rings. The van der Waals surface area contributed by atoms with Crippen LogP contribution in [-0.2, 0) is 9.53 Å². The number of aliphatic carboxylic acids is 1. The number of hydrogen-bond acceptors (Lipinski definition) is 8. The van der Waals surface area contributed by atoms with Crippen molar-refractivity contribution in [2.24, 2.45) is 5.92 Å². The lowest BCUT2D eigenvalue weighted by molar-refractivity contribution is -0.139. The summed E-state index contributed by atoms with van der Waals surface area (Å²) < 4.78 is 16.4. The zero-order valence-electron chi connectivity index (χ0n) is 21.8. The summed E-state index contributed by atoms with van der Waals surface area (Å²) in [6.07, 6.45) is 3.39. The number of hydrogen-bond donors (Lipinski definition) is 2. The van der Waals surface area contributed by atoms with Gasteiger partial charge in [0.2, 0.25) is 0 Å². The number of nitrogens with one attached hydrogen (secondary N) is 1. The molecule has 2 N–H and O–H groups in total. The molecular weight excluding hydrogens is 464 g/mol. The molecule has 1 aliphatic rings. The summed E-state index contributed by atoms with van der Waals surface area (Å²) in [5.41, 5.74) is -0.276. The first-order chi connectivity index (χ1) is 17.0. The lowest BCUT2D eigenvalue weighted by atomic mass is 9.92. The number of piperidine rings is 1. The predicted molar refractivity (Wildman–Crippen MR) is 134 cm³/mol. The fraction of sp³-hybridized carbons (Fsp3) is 0.615. The van der Waals surface area contributed by atoms with E-state index in [0.717, 1.165) is 44.6 Å². The molecule has 0 bridgehead atoms. The van der Waals surface area contributed by atoms with E-state index in [-0.39, 0.29) is 5.92 Å². The third-order valence-electron chi connectivity index (χ3n) is 5.98. The minimum Gasteiger partial charge on any atom is -0.494 e. The average Bonchev–Trinajstić information content (AvgIpc) is 3.31. The van der Waals surface area contributed by atoms with Crippen LogP contribution in [0.15, 0.2) is 28.8 Å². The van der Waals surface area contributed by atoms with Crippen LogP contribution in [0, 0.1) is 5.92 Å². The van der Waals surface area contributed by atoms with Crippen LogP contribution in [0.1, 0.15) is 83.6 Å². The van der Waals surface area contributed by atoms with Gasteiger partial charge in [-0.2, -0.15) is 4.98 Å². The standard InChI is InChI=1S/C26H38N4O6/c1-17(2)22-28-24(36-29-22)30-14-12-18(13-15-30)7-6-16-34-20-10-8-19(9-11-20)21(23(31)32)27-25(33)35-26(3,4)5/h8-11,17-18,21H,6-7,12-16H2,1-5H3,(H,27,33)(H,31,32). The second-order valence-corrected chi connectivity index (χ2v) is 10.5. The van der Waals surface area contributed by atoms with E-state index in [1.54, 1.807) is 45.0 Å². The van der Waals surface area contributed by atoms with Crippen molar-refractivity contribution in [1.82, 2.24) is 15.5 Å². The van der Waals surface area contributed by atoms with Crippen molar-refractivity contribution in [3.05, 3.63) is 35.7 Å². The molecule has 10 nitrogen and oxygen atoms in total. The zero-order valence-corrected chi connectivity index (χ0v) is 21.8. The van der Waals surface area contributed by atoms with Crippen LogP contribution in [0.4, 0.5) is 10.8 Å². The van der Waals surface area contributed by atoms with Gasteiger partial charge in [0.15, 0.2) is 11.9 Å². The van der Waals surface area contributed by atoms with E-state index in [0.29, 0.717) is 29.9 Å². The smallest absolute Gasteiger partial charge is 0.408 e. The second kappa shape index (κ2) is 12.1. The Morgan fingerprint density at radius 1 is 1.19 bits per heavy atom. The van der Waals surface area contributed by atoms with Gasteiger partial charge in [-0.1, -0.05) is 31.1 Å². The van der Waals surface area contributed by atoms with Gasteiger partial charge in [0.1, 0.15) is 11.4 Å². The quantitative estimate of drug-likeness (QED) is 0.435. The number of benzene rings is 1.